The van der Waals surface area contributed by atoms with Crippen LogP contribution in [0.4, 0.5) is 0 Å². The van der Waals surface area contributed by atoms with E-state index >= 15 is 0 Å². The second kappa shape index (κ2) is 35.9. The lowest BCUT2D eigenvalue weighted by Gasteiger charge is -2.06. The van der Waals surface area contributed by atoms with Crippen LogP contribution in [0.1, 0.15) is 20.4 Å². The Kier molecular flexibility index (Phi) is 39.2. The van der Waals surface area contributed by atoms with Crippen LogP contribution in [0.25, 0.3) is 10.4 Å². The number of hydrogen-bond donors (Lipinski definition) is 1. The number of ether oxygens (including phenoxy) is 6. The molecule has 0 aliphatic rings. The van der Waals surface area contributed by atoms with E-state index in [2.05, 4.69) is 14.8 Å². The predicted octanol–water partition coefficient (Wildman–Crippen LogP) is 4.85. The van der Waals surface area contributed by atoms with Crippen LogP contribution in [-0.4, -0.2) is 122 Å². The minimum atomic E-state index is -3.66. The fraction of sp³-hybridized carbons (Fsp3) is 0.600. The van der Waals surface area contributed by atoms with Crippen molar-refractivity contribution in [3.05, 3.63) is 70.6 Å². The summed E-state index contributed by atoms with van der Waals surface area (Å²) >= 11 is 0. The van der Waals surface area contributed by atoms with Crippen molar-refractivity contribution in [2.24, 2.45) is 5.11 Å². The van der Waals surface area contributed by atoms with Gasteiger partial charge < -0.3 is 33.5 Å². The van der Waals surface area contributed by atoms with Gasteiger partial charge in [-0.05, 0) is 36.7 Å². The Labute approximate surface area is 291 Å². The molecule has 0 aliphatic carbocycles. The van der Waals surface area contributed by atoms with Crippen LogP contribution < -0.4 is 0 Å². The topological polar surface area (TPSA) is 202 Å². The fourth-order valence-electron chi connectivity index (χ4n) is 2.51. The lowest BCUT2D eigenvalue weighted by molar-refractivity contribution is 0.0500. The summed E-state index contributed by atoms with van der Waals surface area (Å²) < 4.78 is 78.6. The highest BCUT2D eigenvalue weighted by Gasteiger charge is 2.13. The van der Waals surface area contributed by atoms with Crippen molar-refractivity contribution in [3.63, 3.8) is 0 Å². The molecule has 0 aliphatic heterocycles. The number of aliphatic hydroxyl groups is 1. The SMILES string of the molecule is C.C.COCCOCCN=[N+]=[N-].COCCOCCO.COCCOCCOS(=O)(=O)c1ccccc1.Cc1ccc(S(=O)(=O)Cl)cc1. The summed E-state index contributed by atoms with van der Waals surface area (Å²) in [7, 11) is 2.66. The Morgan fingerprint density at radius 3 is 1.58 bits per heavy atom. The summed E-state index contributed by atoms with van der Waals surface area (Å²) in [6, 6.07) is 14.4. The van der Waals surface area contributed by atoms with Crippen LogP contribution in [0.2, 0.25) is 0 Å². The summed E-state index contributed by atoms with van der Waals surface area (Å²) in [5, 5.41) is 11.5. The Morgan fingerprint density at radius 2 is 1.15 bits per heavy atom. The van der Waals surface area contributed by atoms with Gasteiger partial charge in [-0.1, -0.05) is 55.9 Å². The summed E-state index contributed by atoms with van der Waals surface area (Å²) in [5.74, 6) is 0. The fourth-order valence-corrected chi connectivity index (χ4v) is 4.19. The highest BCUT2D eigenvalue weighted by atomic mass is 35.7. The molecule has 2 aromatic rings. The Morgan fingerprint density at radius 1 is 0.688 bits per heavy atom. The molecule has 2 aromatic carbocycles. The molecular weight excluding hydrogens is 694 g/mol. The van der Waals surface area contributed by atoms with Crippen molar-refractivity contribution >= 4 is 29.9 Å². The van der Waals surface area contributed by atoms with Gasteiger partial charge in [-0.15, -0.1) is 0 Å². The van der Waals surface area contributed by atoms with E-state index < -0.39 is 19.2 Å². The van der Waals surface area contributed by atoms with Crippen LogP contribution in [-0.2, 0) is 51.8 Å². The largest absolute Gasteiger partial charge is 0.394 e. The van der Waals surface area contributed by atoms with Crippen molar-refractivity contribution in [3.8, 4) is 0 Å². The first-order valence-corrected chi connectivity index (χ1v) is 17.5. The molecule has 280 valence electrons. The van der Waals surface area contributed by atoms with Crippen molar-refractivity contribution in [1.82, 2.24) is 0 Å². The van der Waals surface area contributed by atoms with Gasteiger partial charge in [0, 0.05) is 43.5 Å². The van der Waals surface area contributed by atoms with Gasteiger partial charge in [-0.2, -0.15) is 8.42 Å². The molecule has 0 radical (unpaired) electrons. The zero-order valence-corrected chi connectivity index (χ0v) is 29.0. The lowest BCUT2D eigenvalue weighted by Crippen LogP contribution is -2.13. The second-order valence-corrected chi connectivity index (χ2v) is 12.5. The molecule has 0 aromatic heterocycles. The number of methoxy groups -OCH3 is 3. The van der Waals surface area contributed by atoms with Crippen LogP contribution in [0, 0.1) is 6.92 Å². The number of aliphatic hydroxyl groups excluding tert-OH is 1. The Balaban J connectivity index is -0.000000277. The molecule has 0 spiro atoms. The van der Waals surface area contributed by atoms with E-state index in [1.165, 1.54) is 24.3 Å². The molecule has 0 atom stereocenters. The normalized spacial score (nSPS) is 10.2. The Hall–Kier alpha value is -2.38. The van der Waals surface area contributed by atoms with Gasteiger partial charge in [-0.3, -0.25) is 4.18 Å². The molecule has 15 nitrogen and oxygen atoms in total. The molecule has 0 saturated carbocycles. The lowest BCUT2D eigenvalue weighted by atomic mass is 10.2. The van der Waals surface area contributed by atoms with Gasteiger partial charge in [0.25, 0.3) is 19.2 Å². The smallest absolute Gasteiger partial charge is 0.297 e. The summed E-state index contributed by atoms with van der Waals surface area (Å²) in [6.45, 7) is 6.64. The maximum atomic E-state index is 11.6. The predicted molar refractivity (Wildman–Crippen MR) is 186 cm³/mol. The highest BCUT2D eigenvalue weighted by molar-refractivity contribution is 8.13. The molecule has 0 bridgehead atoms. The number of rotatable bonds is 20. The maximum absolute atomic E-state index is 11.6. The highest BCUT2D eigenvalue weighted by Crippen LogP contribution is 2.14. The van der Waals surface area contributed by atoms with E-state index in [0.29, 0.717) is 59.4 Å². The van der Waals surface area contributed by atoms with E-state index in [1.807, 2.05) is 6.92 Å². The first kappa shape index (κ1) is 52.4. The van der Waals surface area contributed by atoms with Crippen LogP contribution in [0.3, 0.4) is 0 Å². The van der Waals surface area contributed by atoms with E-state index in [4.69, 9.17) is 49.2 Å². The van der Waals surface area contributed by atoms with Gasteiger partial charge in [-0.25, -0.2) is 8.42 Å². The van der Waals surface area contributed by atoms with Crippen molar-refractivity contribution in [1.29, 1.82) is 0 Å². The average Bonchev–Trinajstić information content (AvgIpc) is 3.04. The van der Waals surface area contributed by atoms with Crippen molar-refractivity contribution in [2.75, 3.05) is 101 Å². The number of azide groups is 1. The third-order valence-electron chi connectivity index (χ3n) is 4.73. The Bertz CT molecular complexity index is 1230. The minimum Gasteiger partial charge on any atom is -0.394 e. The number of benzene rings is 2. The van der Waals surface area contributed by atoms with Crippen LogP contribution in [0.15, 0.2) is 69.5 Å². The monoisotopic (exact) mass is 747 g/mol. The zero-order chi connectivity index (χ0) is 34.9. The standard InChI is InChI=1S/C11H16O5S.C7H7ClO2S.C5H11N3O2.C5H12O3.2CH4/c1-14-7-8-15-9-10-16-17(12,13)11-5-3-2-4-6-11;1-6-2-4-7(5-3-6)11(8,9)10;1-9-4-5-10-3-2-7-8-6;1-7-4-5-8-3-2-6;;/h2-6H,7-10H2,1H3;2-5H,1H3;2-5H2,1H3;6H,2-5H2,1H3;2*1H4. The molecule has 48 heavy (non-hydrogen) atoms. The van der Waals surface area contributed by atoms with E-state index in [-0.39, 0.29) is 44.5 Å². The molecule has 0 unspecified atom stereocenters. The molecule has 0 saturated heterocycles. The van der Waals surface area contributed by atoms with Crippen LogP contribution >= 0.6 is 10.7 Å². The molecule has 18 heteroatoms. The first-order valence-electron chi connectivity index (χ1n) is 13.8. The van der Waals surface area contributed by atoms with Gasteiger partial charge in [0.05, 0.1) is 82.5 Å². The quantitative estimate of drug-likeness (QED) is 0.0483. The van der Waals surface area contributed by atoms with Gasteiger partial charge >= 0.3 is 0 Å². The molecule has 0 heterocycles. The van der Waals surface area contributed by atoms with Crippen molar-refractivity contribution < 1.29 is 54.5 Å². The first-order chi connectivity index (χ1) is 22.0. The summed E-state index contributed by atoms with van der Waals surface area (Å²) in [6.07, 6.45) is 0. The third kappa shape index (κ3) is 33.5. The number of hydrogen-bond acceptors (Lipinski definition) is 13. The van der Waals surface area contributed by atoms with Gasteiger partial charge in [0.2, 0.25) is 0 Å². The second-order valence-electron chi connectivity index (χ2n) is 8.33. The molecule has 2 rings (SSSR count). The van der Waals surface area contributed by atoms with Gasteiger partial charge in [0.15, 0.2) is 0 Å². The van der Waals surface area contributed by atoms with Crippen LogP contribution in [0.5, 0.6) is 0 Å². The number of nitrogens with zero attached hydrogens (tertiary/aromatic N) is 3. The average molecular weight is 748 g/mol. The molecule has 0 fully saturated rings. The molecular formula is C30H54ClN3O12S2. The minimum absolute atomic E-state index is 0. The number of aryl methyl sites for hydroxylation is 1. The van der Waals surface area contributed by atoms with E-state index in [1.54, 1.807) is 51.7 Å². The number of halogens is 1. The summed E-state index contributed by atoms with van der Waals surface area (Å²) in [4.78, 5) is 2.86. The van der Waals surface area contributed by atoms with E-state index in [0.717, 1.165) is 5.56 Å². The van der Waals surface area contributed by atoms with Crippen molar-refractivity contribution in [2.45, 2.75) is 31.6 Å². The molecule has 1 N–H and O–H groups in total. The van der Waals surface area contributed by atoms with E-state index in [9.17, 15) is 16.8 Å². The third-order valence-corrected chi connectivity index (χ3v) is 7.43. The zero-order valence-electron chi connectivity index (χ0n) is 26.7. The van der Waals surface area contributed by atoms with Gasteiger partial charge in [0.1, 0.15) is 0 Å². The maximum Gasteiger partial charge on any atom is 0.297 e. The summed E-state index contributed by atoms with van der Waals surface area (Å²) in [5.41, 5.74) is 8.86. The molecule has 0 amide bonds.